The van der Waals surface area contributed by atoms with E-state index in [1.165, 1.54) is 6.07 Å². The molecule has 9 heteroatoms. The van der Waals surface area contributed by atoms with Crippen molar-refractivity contribution in [3.05, 3.63) is 77.4 Å². The van der Waals surface area contributed by atoms with Crippen molar-refractivity contribution in [1.82, 2.24) is 15.3 Å². The number of carbonyl (C=O) groups excluding carboxylic acids is 1. The maximum absolute atomic E-state index is 13.7. The lowest BCUT2D eigenvalue weighted by Gasteiger charge is -2.25. The van der Waals surface area contributed by atoms with Gasteiger partial charge in [0, 0.05) is 13.1 Å². The summed E-state index contributed by atoms with van der Waals surface area (Å²) in [5, 5.41) is 6.08. The molecular formula is C24H24FN5O2S. The molecule has 1 saturated heterocycles. The van der Waals surface area contributed by atoms with Crippen LogP contribution in [-0.2, 0) is 22.5 Å². The minimum atomic E-state index is -1.06. The summed E-state index contributed by atoms with van der Waals surface area (Å²) >= 11 is -1.06. The molecule has 0 bridgehead atoms. The molecule has 2 N–H and O–H groups in total. The van der Waals surface area contributed by atoms with Crippen molar-refractivity contribution in [3.8, 4) is 0 Å². The molecule has 7 nitrogen and oxygen atoms in total. The Kier molecular flexibility index (Phi) is 6.01. The molecule has 3 atom stereocenters. The second kappa shape index (κ2) is 9.09. The van der Waals surface area contributed by atoms with Crippen LogP contribution in [0.5, 0.6) is 0 Å². The van der Waals surface area contributed by atoms with Crippen molar-refractivity contribution in [2.75, 3.05) is 23.0 Å². The molecule has 3 heterocycles. The number of anilines is 2. The van der Waals surface area contributed by atoms with Crippen LogP contribution in [0.4, 0.5) is 16.0 Å². The number of aromatic nitrogens is 2. The molecule has 5 rings (SSSR count). The second-order valence-electron chi connectivity index (χ2n) is 8.30. The number of amides is 1. The van der Waals surface area contributed by atoms with Gasteiger partial charge in [-0.3, -0.25) is 10.1 Å². The highest BCUT2D eigenvalue weighted by Crippen LogP contribution is 2.35. The van der Waals surface area contributed by atoms with Gasteiger partial charge in [0.2, 0.25) is 11.9 Å². The van der Waals surface area contributed by atoms with Crippen molar-refractivity contribution in [1.29, 1.82) is 0 Å². The number of nitrogens with zero attached hydrogens (tertiary/aromatic N) is 3. The molecule has 1 aromatic heterocycles. The van der Waals surface area contributed by atoms with Crippen molar-refractivity contribution in [2.24, 2.45) is 0 Å². The van der Waals surface area contributed by atoms with E-state index in [4.69, 9.17) is 0 Å². The second-order valence-corrected chi connectivity index (χ2v) is 9.68. The van der Waals surface area contributed by atoms with Gasteiger partial charge in [0.1, 0.15) is 18.1 Å². The molecule has 0 spiro atoms. The van der Waals surface area contributed by atoms with Gasteiger partial charge in [0.15, 0.2) is 4.90 Å². The first-order valence-electron chi connectivity index (χ1n) is 10.8. The van der Waals surface area contributed by atoms with E-state index in [0.29, 0.717) is 18.2 Å². The Hall–Kier alpha value is -3.01. The first-order chi connectivity index (χ1) is 16.0. The third kappa shape index (κ3) is 4.44. The van der Waals surface area contributed by atoms with E-state index in [2.05, 4.69) is 25.5 Å². The van der Waals surface area contributed by atoms with Gasteiger partial charge in [-0.1, -0.05) is 18.2 Å². The van der Waals surface area contributed by atoms with E-state index in [1.807, 2.05) is 18.2 Å². The monoisotopic (exact) mass is 465 g/mol. The lowest BCUT2D eigenvalue weighted by molar-refractivity contribution is -0.118. The molecule has 2 aromatic carbocycles. The van der Waals surface area contributed by atoms with Crippen LogP contribution < -0.4 is 15.5 Å². The minimum Gasteiger partial charge on any atom is -0.612 e. The smallest absolute Gasteiger partial charge is 0.246 e. The number of carbonyl (C=O) groups is 1. The average molecular weight is 466 g/mol. The number of fused-ring (bicyclic) bond motifs is 1. The molecule has 3 aromatic rings. The third-order valence-corrected chi connectivity index (χ3v) is 7.08. The molecule has 0 aliphatic carbocycles. The van der Waals surface area contributed by atoms with Crippen LogP contribution in [0, 0.1) is 5.82 Å². The fraction of sp³-hybridized carbons (Fsp3) is 0.292. The Morgan fingerprint density at radius 3 is 2.82 bits per heavy atom. The van der Waals surface area contributed by atoms with Gasteiger partial charge in [-0.05, 0) is 65.0 Å². The molecule has 3 unspecified atom stereocenters. The molecular weight excluding hydrogens is 441 g/mol. The highest BCUT2D eigenvalue weighted by Gasteiger charge is 2.30. The van der Waals surface area contributed by atoms with Gasteiger partial charge in [-0.15, -0.1) is 0 Å². The molecule has 2 aliphatic rings. The van der Waals surface area contributed by atoms with Crippen molar-refractivity contribution < 1.29 is 13.7 Å². The molecule has 0 radical (unpaired) electrons. The molecule has 1 amide bonds. The summed E-state index contributed by atoms with van der Waals surface area (Å²) in [6.07, 6.45) is 6.72. The van der Waals surface area contributed by atoms with E-state index in [0.717, 1.165) is 41.0 Å². The molecule has 33 heavy (non-hydrogen) atoms. The predicted molar refractivity (Wildman–Crippen MR) is 125 cm³/mol. The van der Waals surface area contributed by atoms with Gasteiger partial charge < -0.3 is 14.8 Å². The average Bonchev–Trinajstić information content (AvgIpc) is 3.46. The number of hydrogen-bond donors (Lipinski definition) is 2. The maximum Gasteiger partial charge on any atom is 0.246 e. The normalized spacial score (nSPS) is 20.5. The number of rotatable bonds is 5. The number of nitrogens with one attached hydrogen (secondary N) is 2. The highest BCUT2D eigenvalue weighted by atomic mass is 32.2. The summed E-state index contributed by atoms with van der Waals surface area (Å²) in [7, 11) is 0. The van der Waals surface area contributed by atoms with Crippen molar-refractivity contribution >= 4 is 28.7 Å². The van der Waals surface area contributed by atoms with Gasteiger partial charge in [-0.2, -0.15) is 0 Å². The summed E-state index contributed by atoms with van der Waals surface area (Å²) in [5.74, 6) is 0.109. The van der Waals surface area contributed by atoms with E-state index in [1.54, 1.807) is 36.8 Å². The Labute approximate surface area is 194 Å². The lowest BCUT2D eigenvalue weighted by atomic mass is 10.0. The zero-order valence-corrected chi connectivity index (χ0v) is 18.9. The molecule has 0 saturated carbocycles. The quantitative estimate of drug-likeness (QED) is 0.561. The largest absolute Gasteiger partial charge is 0.612 e. The van der Waals surface area contributed by atoms with Crippen LogP contribution in [-0.4, -0.2) is 33.2 Å². The van der Waals surface area contributed by atoms with Crippen molar-refractivity contribution in [3.63, 3.8) is 0 Å². The number of halogens is 1. The van der Waals surface area contributed by atoms with E-state index < -0.39 is 17.2 Å². The van der Waals surface area contributed by atoms with Gasteiger partial charge in [0.25, 0.3) is 0 Å². The van der Waals surface area contributed by atoms with Crippen LogP contribution in [0.2, 0.25) is 0 Å². The lowest BCUT2D eigenvalue weighted by Crippen LogP contribution is -2.28. The predicted octanol–water partition coefficient (Wildman–Crippen LogP) is 3.48. The molecule has 1 fully saturated rings. The Balaban J connectivity index is 1.28. The Morgan fingerprint density at radius 2 is 2.06 bits per heavy atom. The molecule has 170 valence electrons. The van der Waals surface area contributed by atoms with Crippen molar-refractivity contribution in [2.45, 2.75) is 36.4 Å². The summed E-state index contributed by atoms with van der Waals surface area (Å²) in [4.78, 5) is 24.6. The van der Waals surface area contributed by atoms with Gasteiger partial charge in [0.05, 0.1) is 24.1 Å². The fourth-order valence-corrected chi connectivity index (χ4v) is 5.13. The number of benzene rings is 2. The third-order valence-electron chi connectivity index (χ3n) is 6.17. The highest BCUT2D eigenvalue weighted by molar-refractivity contribution is 7.90. The standard InChI is InChI=1S/C24H24FN5O2S/c1-33(32)19-7-8-20-16(11-19)12-26-22(20)23(31)29-18-13-27-24(28-14-18)30-9-3-6-21(30)15-4-2-5-17(25)10-15/h2,4-5,7-8,10-11,13-14,21-22,26H,3,6,9,12H2,1H3,(H,29,31). The summed E-state index contributed by atoms with van der Waals surface area (Å²) < 4.78 is 25.4. The van der Waals surface area contributed by atoms with Crippen LogP contribution >= 0.6 is 0 Å². The van der Waals surface area contributed by atoms with E-state index >= 15 is 0 Å². The van der Waals surface area contributed by atoms with Crippen LogP contribution in [0.3, 0.4) is 0 Å². The van der Waals surface area contributed by atoms with Crippen LogP contribution in [0.15, 0.2) is 59.8 Å². The minimum absolute atomic E-state index is 0.0303. The number of hydrogen-bond acceptors (Lipinski definition) is 6. The van der Waals surface area contributed by atoms with E-state index in [9.17, 15) is 13.7 Å². The fourth-order valence-electron chi connectivity index (χ4n) is 4.57. The maximum atomic E-state index is 13.7. The van der Waals surface area contributed by atoms with E-state index in [-0.39, 0.29) is 17.8 Å². The first-order valence-corrected chi connectivity index (χ1v) is 12.4. The summed E-state index contributed by atoms with van der Waals surface area (Å²) in [6, 6.07) is 11.7. The molecule has 2 aliphatic heterocycles. The topological polar surface area (TPSA) is 93.2 Å². The van der Waals surface area contributed by atoms with Crippen LogP contribution in [0.25, 0.3) is 0 Å². The zero-order valence-electron chi connectivity index (χ0n) is 18.1. The Bertz CT molecular complexity index is 1170. The van der Waals surface area contributed by atoms with Gasteiger partial charge in [-0.25, -0.2) is 14.4 Å². The summed E-state index contributed by atoms with van der Waals surface area (Å²) in [5.41, 5.74) is 3.28. The van der Waals surface area contributed by atoms with Gasteiger partial charge >= 0.3 is 0 Å². The summed E-state index contributed by atoms with van der Waals surface area (Å²) in [6.45, 7) is 1.34. The SMILES string of the molecule is C[S+]([O-])c1ccc2c(c1)CNC2C(=O)Nc1cnc(N2CCCC2c2cccc(F)c2)nc1. The Morgan fingerprint density at radius 1 is 1.24 bits per heavy atom. The van der Waals surface area contributed by atoms with Crippen LogP contribution in [0.1, 0.15) is 41.6 Å². The zero-order chi connectivity index (χ0) is 22.9. The first kappa shape index (κ1) is 21.8.